The Hall–Kier alpha value is 0.100. The summed E-state index contributed by atoms with van der Waals surface area (Å²) in [5.41, 5.74) is -3.13. The van der Waals surface area contributed by atoms with E-state index >= 15 is 0 Å². The van der Waals surface area contributed by atoms with Crippen LogP contribution in [0.15, 0.2) is 0 Å². The van der Waals surface area contributed by atoms with Crippen LogP contribution in [0, 0.1) is 34.5 Å². The Morgan fingerprint density at radius 2 is 1.68 bits per heavy atom. The first-order chi connectivity index (χ1) is 11.6. The Labute approximate surface area is 152 Å². The van der Waals surface area contributed by atoms with Crippen molar-refractivity contribution < 1.29 is 18.3 Å². The molecule has 0 aromatic carbocycles. The van der Waals surface area contributed by atoms with Crippen LogP contribution in [-0.2, 0) is 0 Å². The third-order valence-electron chi connectivity index (χ3n) is 9.53. The molecule has 1 heterocycles. The first-order valence-corrected chi connectivity index (χ1v) is 11.0. The van der Waals surface area contributed by atoms with E-state index in [1.54, 1.807) is 6.92 Å². The highest BCUT2D eigenvalue weighted by molar-refractivity contribution is 8.07. The van der Waals surface area contributed by atoms with Gasteiger partial charge in [-0.2, -0.15) is 24.9 Å². The summed E-state index contributed by atoms with van der Waals surface area (Å²) in [5.74, 6) is 1.77. The average Bonchev–Trinajstić information content (AvgIpc) is 3.19. The van der Waals surface area contributed by atoms with Crippen molar-refractivity contribution >= 4 is 11.8 Å². The topological polar surface area (TPSA) is 20.2 Å². The molecule has 1 aliphatic heterocycles. The maximum atomic E-state index is 13.7. The van der Waals surface area contributed by atoms with Crippen LogP contribution < -0.4 is 0 Å². The summed E-state index contributed by atoms with van der Waals surface area (Å²) in [7, 11) is 0. The molecule has 0 aromatic rings. The number of thioether (sulfide) groups is 1. The summed E-state index contributed by atoms with van der Waals surface area (Å²) in [6, 6.07) is 0. The van der Waals surface area contributed by atoms with Gasteiger partial charge in [-0.3, -0.25) is 0 Å². The minimum atomic E-state index is -4.51. The van der Waals surface area contributed by atoms with Gasteiger partial charge in [-0.25, -0.2) is 0 Å². The summed E-state index contributed by atoms with van der Waals surface area (Å²) >= 11 is 2.14. The Morgan fingerprint density at radius 3 is 2.40 bits per heavy atom. The fourth-order valence-electron chi connectivity index (χ4n) is 8.00. The van der Waals surface area contributed by atoms with E-state index in [2.05, 4.69) is 18.7 Å². The van der Waals surface area contributed by atoms with Gasteiger partial charge in [-0.05, 0) is 80.5 Å². The molecule has 1 saturated heterocycles. The number of aliphatic hydroxyl groups is 1. The Kier molecular flexibility index (Phi) is 3.39. The SMILES string of the molecule is C[C@]12C[C@H]3S[C@H]3C[C@@H]1CC[C@@H]1[C@@H]2CC[C@@]2(C)[C@H]1CC[C@@]2(O)C(F)(F)F. The lowest BCUT2D eigenvalue weighted by Crippen LogP contribution is -2.60. The van der Waals surface area contributed by atoms with Gasteiger partial charge in [0.2, 0.25) is 0 Å². The second-order valence-corrected chi connectivity index (χ2v) is 11.6. The molecule has 1 N–H and O–H groups in total. The minimum absolute atomic E-state index is 0.0419. The molecule has 0 unspecified atom stereocenters. The summed E-state index contributed by atoms with van der Waals surface area (Å²) in [4.78, 5) is 0. The van der Waals surface area contributed by atoms with Crippen molar-refractivity contribution in [2.45, 2.75) is 87.5 Å². The van der Waals surface area contributed by atoms with Gasteiger partial charge in [-0.1, -0.05) is 13.8 Å². The minimum Gasteiger partial charge on any atom is -0.380 e. The quantitative estimate of drug-likeness (QED) is 0.572. The maximum Gasteiger partial charge on any atom is 0.417 e. The highest BCUT2D eigenvalue weighted by Gasteiger charge is 2.73. The Bertz CT molecular complexity index is 594. The van der Waals surface area contributed by atoms with Gasteiger partial charge in [-0.15, -0.1) is 0 Å². The van der Waals surface area contributed by atoms with Crippen LogP contribution in [0.4, 0.5) is 13.2 Å². The number of alkyl halides is 3. The lowest BCUT2D eigenvalue weighted by Gasteiger charge is -2.61. The van der Waals surface area contributed by atoms with Crippen LogP contribution in [0.1, 0.15) is 65.2 Å². The zero-order chi connectivity index (χ0) is 17.8. The lowest BCUT2D eigenvalue weighted by molar-refractivity contribution is -0.304. The Morgan fingerprint density at radius 1 is 0.960 bits per heavy atom. The maximum absolute atomic E-state index is 13.7. The van der Waals surface area contributed by atoms with E-state index in [1.165, 1.54) is 19.3 Å². The summed E-state index contributed by atoms with van der Waals surface area (Å²) in [6.07, 6.45) is 2.26. The molecule has 142 valence electrons. The molecule has 5 rings (SSSR count). The van der Waals surface area contributed by atoms with Gasteiger partial charge in [0.15, 0.2) is 5.60 Å². The highest BCUT2D eigenvalue weighted by Crippen LogP contribution is 2.72. The number of rotatable bonds is 0. The van der Waals surface area contributed by atoms with Crippen LogP contribution in [0.3, 0.4) is 0 Å². The molecule has 0 spiro atoms. The molecule has 5 fully saturated rings. The molecule has 0 amide bonds. The molecule has 25 heavy (non-hydrogen) atoms. The number of halogens is 3. The summed E-state index contributed by atoms with van der Waals surface area (Å²) in [6.45, 7) is 4.20. The van der Waals surface area contributed by atoms with Crippen molar-refractivity contribution in [3.8, 4) is 0 Å². The zero-order valence-electron chi connectivity index (χ0n) is 15.1. The second kappa shape index (κ2) is 4.92. The fourth-order valence-corrected chi connectivity index (χ4v) is 9.37. The van der Waals surface area contributed by atoms with Crippen molar-refractivity contribution in [2.24, 2.45) is 34.5 Å². The van der Waals surface area contributed by atoms with Crippen LogP contribution in [0.5, 0.6) is 0 Å². The van der Waals surface area contributed by atoms with Crippen molar-refractivity contribution in [1.29, 1.82) is 0 Å². The van der Waals surface area contributed by atoms with Gasteiger partial charge in [0.05, 0.1) is 0 Å². The molecule has 4 saturated carbocycles. The van der Waals surface area contributed by atoms with Crippen LogP contribution >= 0.6 is 11.8 Å². The first-order valence-electron chi connectivity index (χ1n) is 10.0. The van der Waals surface area contributed by atoms with E-state index in [-0.39, 0.29) is 12.3 Å². The predicted octanol–water partition coefficient (Wildman–Crippen LogP) is 5.42. The average molecular weight is 375 g/mol. The van der Waals surface area contributed by atoms with E-state index < -0.39 is 17.2 Å². The molecule has 9 atom stereocenters. The highest BCUT2D eigenvalue weighted by atomic mass is 32.2. The smallest absolute Gasteiger partial charge is 0.380 e. The molecule has 1 nitrogen and oxygen atoms in total. The standard InChI is InChI=1S/C20H29F3OS/c1-17-10-16-15(25-16)9-11(17)3-4-12-13(17)5-7-18(2)14(12)6-8-19(18,24)20(21,22)23/h11-16,24H,3-10H2,1-2H3/t11-,12+,13-,14-,15-,16+,17-,18-,19-/m0/s1. The molecule has 5 heteroatoms. The number of hydrogen-bond acceptors (Lipinski definition) is 2. The van der Waals surface area contributed by atoms with E-state index in [1.807, 2.05) is 0 Å². The molecule has 0 bridgehead atoms. The number of fused-ring (bicyclic) bond motifs is 6. The van der Waals surface area contributed by atoms with E-state index in [4.69, 9.17) is 0 Å². The van der Waals surface area contributed by atoms with Gasteiger partial charge >= 0.3 is 6.18 Å². The molecular formula is C20H29F3OS. The van der Waals surface area contributed by atoms with Crippen molar-refractivity contribution in [1.82, 2.24) is 0 Å². The van der Waals surface area contributed by atoms with Crippen LogP contribution in [0.25, 0.3) is 0 Å². The van der Waals surface area contributed by atoms with E-state index in [9.17, 15) is 18.3 Å². The summed E-state index contributed by atoms with van der Waals surface area (Å²) < 4.78 is 41.2. The third kappa shape index (κ3) is 2.03. The second-order valence-electron chi connectivity index (χ2n) is 10.2. The van der Waals surface area contributed by atoms with E-state index in [0.29, 0.717) is 30.1 Å². The normalized spacial score (nSPS) is 60.2. The largest absolute Gasteiger partial charge is 0.417 e. The number of hydrogen-bond donors (Lipinski definition) is 1. The fraction of sp³-hybridized carbons (Fsp3) is 1.00. The molecule has 0 radical (unpaired) electrons. The van der Waals surface area contributed by atoms with Crippen molar-refractivity contribution in [3.63, 3.8) is 0 Å². The monoisotopic (exact) mass is 374 g/mol. The lowest BCUT2D eigenvalue weighted by atomic mass is 9.44. The predicted molar refractivity (Wildman–Crippen MR) is 93.3 cm³/mol. The van der Waals surface area contributed by atoms with Gasteiger partial charge in [0.25, 0.3) is 0 Å². The van der Waals surface area contributed by atoms with Gasteiger partial charge in [0.1, 0.15) is 0 Å². The summed E-state index contributed by atoms with van der Waals surface area (Å²) in [5, 5.41) is 12.4. The molecule has 0 aromatic heterocycles. The Balaban J connectivity index is 1.47. The molecular weight excluding hydrogens is 345 g/mol. The van der Waals surface area contributed by atoms with Crippen molar-refractivity contribution in [2.75, 3.05) is 0 Å². The van der Waals surface area contributed by atoms with Crippen LogP contribution in [-0.4, -0.2) is 27.4 Å². The van der Waals surface area contributed by atoms with Crippen molar-refractivity contribution in [3.05, 3.63) is 0 Å². The van der Waals surface area contributed by atoms with Crippen LogP contribution in [0.2, 0.25) is 0 Å². The van der Waals surface area contributed by atoms with Gasteiger partial charge in [0, 0.05) is 15.9 Å². The molecule has 4 aliphatic carbocycles. The molecule has 5 aliphatic rings. The third-order valence-corrected chi connectivity index (χ3v) is 10.9. The zero-order valence-corrected chi connectivity index (χ0v) is 15.9. The van der Waals surface area contributed by atoms with E-state index in [0.717, 1.165) is 29.3 Å². The first kappa shape index (κ1) is 17.2. The van der Waals surface area contributed by atoms with Gasteiger partial charge < -0.3 is 5.11 Å².